The lowest BCUT2D eigenvalue weighted by Gasteiger charge is -2.27. The summed E-state index contributed by atoms with van der Waals surface area (Å²) < 4.78 is 43.4. The zero-order chi connectivity index (χ0) is 16.2. The van der Waals surface area contributed by atoms with E-state index in [0.717, 1.165) is 0 Å². The Kier molecular flexibility index (Phi) is 4.51. The van der Waals surface area contributed by atoms with Crippen LogP contribution < -0.4 is 0 Å². The molecule has 0 bridgehead atoms. The van der Waals surface area contributed by atoms with Gasteiger partial charge in [0.2, 0.25) is 0 Å². The average Bonchev–Trinajstić information content (AvgIpc) is 3.00. The van der Waals surface area contributed by atoms with Gasteiger partial charge in [0.1, 0.15) is 5.76 Å². The highest BCUT2D eigenvalue weighted by Crippen LogP contribution is 2.28. The Morgan fingerprint density at radius 1 is 1.23 bits per heavy atom. The quantitative estimate of drug-likeness (QED) is 0.869. The molecule has 1 atom stereocenters. The molecule has 4 nitrogen and oxygen atoms in total. The van der Waals surface area contributed by atoms with Gasteiger partial charge in [0, 0.05) is 6.54 Å². The molecule has 0 saturated heterocycles. The monoisotopic (exact) mass is 308 g/mol. The number of hydrogen-bond acceptors (Lipinski definition) is 3. The van der Waals surface area contributed by atoms with Gasteiger partial charge in [0.15, 0.2) is 6.04 Å². The van der Waals surface area contributed by atoms with E-state index in [9.17, 15) is 23.2 Å². The minimum absolute atomic E-state index is 0.0176. The molecule has 0 radical (unpaired) electrons. The summed E-state index contributed by atoms with van der Waals surface area (Å²) in [6.45, 7) is -0.349. The molecule has 1 unspecified atom stereocenters. The number of carbonyl (C=O) groups is 1. The summed E-state index contributed by atoms with van der Waals surface area (Å²) >= 11 is 0. The summed E-state index contributed by atoms with van der Waals surface area (Å²) in [6.07, 6.45) is -3.84. The van der Waals surface area contributed by atoms with E-state index < -0.39 is 18.1 Å². The molecular weight excluding hydrogens is 297 g/mol. The van der Waals surface area contributed by atoms with Gasteiger partial charge in [-0.15, -0.1) is 0 Å². The van der Waals surface area contributed by atoms with Crippen molar-refractivity contribution >= 4 is 5.91 Å². The molecule has 1 aromatic carbocycles. The zero-order valence-corrected chi connectivity index (χ0v) is 11.2. The van der Waals surface area contributed by atoms with Crippen molar-refractivity contribution in [2.24, 2.45) is 0 Å². The molecule has 1 aromatic heterocycles. The van der Waals surface area contributed by atoms with Crippen molar-refractivity contribution in [3.8, 4) is 6.07 Å². The molecule has 0 spiro atoms. The summed E-state index contributed by atoms with van der Waals surface area (Å²) in [6, 6.07) is 11.2. The van der Waals surface area contributed by atoms with Gasteiger partial charge in [0.05, 0.1) is 12.3 Å². The molecule has 114 valence electrons. The highest BCUT2D eigenvalue weighted by Gasteiger charge is 2.45. The van der Waals surface area contributed by atoms with Gasteiger partial charge < -0.3 is 9.32 Å². The summed E-state index contributed by atoms with van der Waals surface area (Å²) in [4.78, 5) is 12.1. The molecular formula is C15H11F3N2O2. The van der Waals surface area contributed by atoms with Crippen molar-refractivity contribution in [3.05, 3.63) is 60.1 Å². The highest BCUT2D eigenvalue weighted by atomic mass is 19.4. The Labute approximate surface area is 124 Å². The van der Waals surface area contributed by atoms with E-state index in [2.05, 4.69) is 0 Å². The third-order valence-corrected chi connectivity index (χ3v) is 2.95. The second-order valence-electron chi connectivity index (χ2n) is 4.46. The Hall–Kier alpha value is -2.75. The smallest absolute Gasteiger partial charge is 0.466 e. The van der Waals surface area contributed by atoms with Crippen LogP contribution in [0.2, 0.25) is 0 Å². The Balaban J connectivity index is 2.37. The van der Waals surface area contributed by atoms with Crippen molar-refractivity contribution < 1.29 is 22.4 Å². The number of nitrogens with zero attached hydrogens (tertiary/aromatic N) is 2. The average molecular weight is 308 g/mol. The second kappa shape index (κ2) is 6.35. The predicted octanol–water partition coefficient (Wildman–Crippen LogP) is 3.44. The topological polar surface area (TPSA) is 57.2 Å². The molecule has 2 rings (SSSR count). The molecule has 0 saturated carbocycles. The van der Waals surface area contributed by atoms with Crippen molar-refractivity contribution in [2.75, 3.05) is 0 Å². The SMILES string of the molecule is N#CC(c1ccco1)N(Cc1ccccc1)C(=O)C(F)(F)F. The Morgan fingerprint density at radius 3 is 2.41 bits per heavy atom. The van der Waals surface area contributed by atoms with Crippen LogP contribution in [0.1, 0.15) is 17.4 Å². The fourth-order valence-electron chi connectivity index (χ4n) is 1.96. The van der Waals surface area contributed by atoms with Crippen molar-refractivity contribution in [3.63, 3.8) is 0 Å². The fraction of sp³-hybridized carbons (Fsp3) is 0.200. The van der Waals surface area contributed by atoms with Gasteiger partial charge in [0.25, 0.3) is 0 Å². The number of benzene rings is 1. The summed E-state index contributed by atoms with van der Waals surface area (Å²) in [5.74, 6) is -2.10. The van der Waals surface area contributed by atoms with Crippen LogP contribution in [0.3, 0.4) is 0 Å². The van der Waals surface area contributed by atoms with Gasteiger partial charge in [-0.05, 0) is 17.7 Å². The maximum atomic E-state index is 12.8. The number of carbonyl (C=O) groups excluding carboxylic acids is 1. The molecule has 0 aliphatic carbocycles. The number of amides is 1. The van der Waals surface area contributed by atoms with E-state index in [-0.39, 0.29) is 12.3 Å². The van der Waals surface area contributed by atoms with Crippen LogP contribution in [0.5, 0.6) is 0 Å². The fourth-order valence-corrected chi connectivity index (χ4v) is 1.96. The van der Waals surface area contributed by atoms with Crippen LogP contribution in [0, 0.1) is 11.3 Å². The highest BCUT2D eigenvalue weighted by molar-refractivity contribution is 5.82. The lowest BCUT2D eigenvalue weighted by Crippen LogP contribution is -2.42. The first-order valence-corrected chi connectivity index (χ1v) is 6.28. The van der Waals surface area contributed by atoms with Crippen molar-refractivity contribution in [1.82, 2.24) is 4.90 Å². The normalized spacial score (nSPS) is 12.5. The minimum Gasteiger partial charge on any atom is -0.466 e. The van der Waals surface area contributed by atoms with E-state index >= 15 is 0 Å². The van der Waals surface area contributed by atoms with Crippen LogP contribution in [-0.4, -0.2) is 17.0 Å². The molecule has 22 heavy (non-hydrogen) atoms. The van der Waals surface area contributed by atoms with E-state index in [0.29, 0.717) is 10.5 Å². The van der Waals surface area contributed by atoms with Crippen LogP contribution in [0.15, 0.2) is 53.1 Å². The van der Waals surface area contributed by atoms with E-state index in [1.165, 1.54) is 18.4 Å². The Bertz CT molecular complexity index is 660. The van der Waals surface area contributed by atoms with Crippen LogP contribution in [0.25, 0.3) is 0 Å². The third kappa shape index (κ3) is 3.47. The van der Waals surface area contributed by atoms with Gasteiger partial charge >= 0.3 is 12.1 Å². The molecule has 7 heteroatoms. The molecule has 0 aliphatic rings. The molecule has 0 N–H and O–H groups in total. The summed E-state index contributed by atoms with van der Waals surface area (Å²) in [5.41, 5.74) is 0.479. The molecule has 2 aromatic rings. The third-order valence-electron chi connectivity index (χ3n) is 2.95. The first-order valence-electron chi connectivity index (χ1n) is 6.28. The van der Waals surface area contributed by atoms with Gasteiger partial charge in [-0.2, -0.15) is 18.4 Å². The zero-order valence-electron chi connectivity index (χ0n) is 11.2. The summed E-state index contributed by atoms with van der Waals surface area (Å²) in [7, 11) is 0. The molecule has 0 fully saturated rings. The van der Waals surface area contributed by atoms with Gasteiger partial charge in [-0.3, -0.25) is 4.79 Å². The molecule has 1 heterocycles. The van der Waals surface area contributed by atoms with Crippen LogP contribution in [-0.2, 0) is 11.3 Å². The number of alkyl halides is 3. The maximum absolute atomic E-state index is 12.8. The molecule has 1 amide bonds. The van der Waals surface area contributed by atoms with Crippen molar-refractivity contribution in [2.45, 2.75) is 18.8 Å². The predicted molar refractivity (Wildman–Crippen MR) is 70.1 cm³/mol. The minimum atomic E-state index is -5.07. The first-order chi connectivity index (χ1) is 10.4. The van der Waals surface area contributed by atoms with E-state index in [1.54, 1.807) is 36.4 Å². The standard InChI is InChI=1S/C15H11F3N2O2/c16-15(17,18)14(21)20(10-11-5-2-1-3-6-11)12(9-19)13-7-4-8-22-13/h1-8,12H,10H2. The van der Waals surface area contributed by atoms with Crippen LogP contribution in [0.4, 0.5) is 13.2 Å². The van der Waals surface area contributed by atoms with Crippen molar-refractivity contribution in [1.29, 1.82) is 5.26 Å². The molecule has 0 aliphatic heterocycles. The Morgan fingerprint density at radius 2 is 1.91 bits per heavy atom. The second-order valence-corrected chi connectivity index (χ2v) is 4.46. The van der Waals surface area contributed by atoms with E-state index in [4.69, 9.17) is 4.42 Å². The number of furan rings is 1. The maximum Gasteiger partial charge on any atom is 0.471 e. The number of halogens is 3. The number of nitriles is 1. The van der Waals surface area contributed by atoms with E-state index in [1.807, 2.05) is 0 Å². The number of hydrogen-bond donors (Lipinski definition) is 0. The lowest BCUT2D eigenvalue weighted by molar-refractivity contribution is -0.188. The van der Waals surface area contributed by atoms with Crippen LogP contribution >= 0.6 is 0 Å². The van der Waals surface area contributed by atoms with Gasteiger partial charge in [-0.1, -0.05) is 30.3 Å². The largest absolute Gasteiger partial charge is 0.471 e. The summed E-state index contributed by atoms with van der Waals surface area (Å²) in [5, 5.41) is 9.19. The first kappa shape index (κ1) is 15.6. The van der Waals surface area contributed by atoms with Gasteiger partial charge in [-0.25, -0.2) is 0 Å². The lowest BCUT2D eigenvalue weighted by atomic mass is 10.1. The number of rotatable bonds is 4.